The summed E-state index contributed by atoms with van der Waals surface area (Å²) in [7, 11) is 0. The highest BCUT2D eigenvalue weighted by Crippen LogP contribution is 2.39. The third-order valence-corrected chi connectivity index (χ3v) is 5.36. The molecule has 1 N–H and O–H groups in total. The molecule has 2 aliphatic rings. The summed E-state index contributed by atoms with van der Waals surface area (Å²) in [6, 6.07) is 12.3. The first-order valence-electron chi connectivity index (χ1n) is 9.31. The highest BCUT2D eigenvalue weighted by Gasteiger charge is 2.44. The Morgan fingerprint density at radius 3 is 2.52 bits per heavy atom. The molecule has 4 heteroatoms. The summed E-state index contributed by atoms with van der Waals surface area (Å²) in [5, 5.41) is 3.21. The number of nitrogens with zero attached hydrogens (tertiary/aromatic N) is 1. The third kappa shape index (κ3) is 3.96. The molecule has 4 rings (SSSR count). The fraction of sp³-hybridized carbons (Fsp3) is 0.476. The quantitative estimate of drug-likeness (QED) is 0.874. The second-order valence-corrected chi connectivity index (χ2v) is 7.65. The van der Waals surface area contributed by atoms with E-state index in [9.17, 15) is 4.79 Å². The minimum absolute atomic E-state index is 0.0858. The summed E-state index contributed by atoms with van der Waals surface area (Å²) >= 11 is 0. The molecule has 0 unspecified atom stereocenters. The Balaban J connectivity index is 1.36. The Bertz CT molecular complexity index is 738. The van der Waals surface area contributed by atoms with Crippen molar-refractivity contribution in [2.45, 2.75) is 51.1 Å². The monoisotopic (exact) mass is 338 g/mol. The number of amides is 1. The first kappa shape index (κ1) is 16.4. The van der Waals surface area contributed by atoms with Gasteiger partial charge in [0, 0.05) is 5.54 Å². The van der Waals surface area contributed by atoms with Crippen LogP contribution in [0.4, 0.5) is 0 Å². The summed E-state index contributed by atoms with van der Waals surface area (Å²) in [4.78, 5) is 15.0. The maximum Gasteiger partial charge on any atom is 0.287 e. The molecule has 1 aromatic heterocycles. The van der Waals surface area contributed by atoms with Crippen molar-refractivity contribution in [3.05, 3.63) is 59.0 Å². The van der Waals surface area contributed by atoms with Gasteiger partial charge in [-0.05, 0) is 69.8 Å². The fourth-order valence-electron chi connectivity index (χ4n) is 3.64. The fourth-order valence-corrected chi connectivity index (χ4v) is 3.64. The van der Waals surface area contributed by atoms with Crippen LogP contribution in [0.5, 0.6) is 0 Å². The van der Waals surface area contributed by atoms with Gasteiger partial charge < -0.3 is 9.73 Å². The number of nitrogens with one attached hydrogen (secondary N) is 1. The van der Waals surface area contributed by atoms with E-state index in [0.29, 0.717) is 5.76 Å². The number of hydrogen-bond acceptors (Lipinski definition) is 3. The van der Waals surface area contributed by atoms with Crippen LogP contribution in [-0.4, -0.2) is 29.4 Å². The van der Waals surface area contributed by atoms with E-state index in [1.54, 1.807) is 0 Å². The van der Waals surface area contributed by atoms with E-state index in [4.69, 9.17) is 4.42 Å². The molecular weight excluding hydrogens is 312 g/mol. The molecule has 0 radical (unpaired) electrons. The van der Waals surface area contributed by atoms with Crippen LogP contribution in [-0.2, 0) is 13.0 Å². The minimum Gasteiger partial charge on any atom is -0.455 e. The number of carbonyl (C=O) groups is 1. The zero-order valence-corrected chi connectivity index (χ0v) is 14.9. The molecule has 25 heavy (non-hydrogen) atoms. The van der Waals surface area contributed by atoms with Crippen molar-refractivity contribution in [3.63, 3.8) is 0 Å². The molecule has 0 bridgehead atoms. The van der Waals surface area contributed by atoms with Crippen molar-refractivity contribution >= 4 is 5.91 Å². The lowest BCUT2D eigenvalue weighted by atomic mass is 10.0. The summed E-state index contributed by atoms with van der Waals surface area (Å²) in [5.41, 5.74) is 2.45. The summed E-state index contributed by atoms with van der Waals surface area (Å²) in [6.07, 6.45) is 5.48. The first-order chi connectivity index (χ1) is 12.1. The number of hydrogen-bond donors (Lipinski definition) is 1. The van der Waals surface area contributed by atoms with E-state index < -0.39 is 0 Å². The average Bonchev–Trinajstić information content (AvgIpc) is 3.02. The van der Waals surface area contributed by atoms with Gasteiger partial charge in [-0.1, -0.05) is 29.8 Å². The van der Waals surface area contributed by atoms with E-state index in [0.717, 1.165) is 44.7 Å². The van der Waals surface area contributed by atoms with Gasteiger partial charge in [-0.15, -0.1) is 0 Å². The van der Waals surface area contributed by atoms with Gasteiger partial charge in [0.2, 0.25) is 0 Å². The zero-order chi connectivity index (χ0) is 17.3. The Hall–Kier alpha value is -2.07. The number of carbonyl (C=O) groups excluding carboxylic acids is 1. The molecule has 1 aromatic carbocycles. The Kier molecular flexibility index (Phi) is 4.38. The van der Waals surface area contributed by atoms with Crippen molar-refractivity contribution in [2.75, 3.05) is 13.1 Å². The molecule has 2 heterocycles. The molecule has 0 atom stereocenters. The van der Waals surface area contributed by atoms with Crippen LogP contribution >= 0.6 is 0 Å². The molecule has 1 aliphatic carbocycles. The second kappa shape index (κ2) is 6.68. The van der Waals surface area contributed by atoms with Crippen molar-refractivity contribution in [2.24, 2.45) is 0 Å². The Labute approximate surface area is 149 Å². The zero-order valence-electron chi connectivity index (χ0n) is 14.9. The van der Waals surface area contributed by atoms with Gasteiger partial charge in [0.1, 0.15) is 5.76 Å². The standard InChI is InChI=1S/C21H26N2O2/c1-16-4-6-17(7-5-16)14-21(10-11-21)22-20(24)19-9-8-18(25-19)15-23-12-2-3-13-23/h4-9H,2-3,10-15H2,1H3,(H,22,24). The lowest BCUT2D eigenvalue weighted by Gasteiger charge is -2.17. The van der Waals surface area contributed by atoms with Gasteiger partial charge in [-0.2, -0.15) is 0 Å². The molecule has 1 amide bonds. The van der Waals surface area contributed by atoms with Crippen LogP contribution in [0.3, 0.4) is 0 Å². The number of aryl methyl sites for hydroxylation is 1. The normalized spacial score (nSPS) is 19.1. The second-order valence-electron chi connectivity index (χ2n) is 7.65. The van der Waals surface area contributed by atoms with Crippen molar-refractivity contribution in [1.82, 2.24) is 10.2 Å². The molecule has 132 valence electrons. The molecular formula is C21H26N2O2. The summed E-state index contributed by atoms with van der Waals surface area (Å²) < 4.78 is 5.79. The largest absolute Gasteiger partial charge is 0.455 e. The van der Waals surface area contributed by atoms with Crippen LogP contribution in [0.15, 0.2) is 40.8 Å². The van der Waals surface area contributed by atoms with Crippen LogP contribution in [0, 0.1) is 6.92 Å². The number of likely N-dealkylation sites (tertiary alicyclic amines) is 1. The van der Waals surface area contributed by atoms with Crippen molar-refractivity contribution in [1.29, 1.82) is 0 Å². The summed E-state index contributed by atoms with van der Waals surface area (Å²) in [5.74, 6) is 1.23. The maximum absolute atomic E-state index is 12.6. The lowest BCUT2D eigenvalue weighted by molar-refractivity contribution is 0.0899. The molecule has 1 saturated carbocycles. The van der Waals surface area contributed by atoms with E-state index in [1.165, 1.54) is 24.0 Å². The minimum atomic E-state index is -0.0890. The predicted octanol–water partition coefficient (Wildman–Crippen LogP) is 3.69. The highest BCUT2D eigenvalue weighted by atomic mass is 16.4. The number of benzene rings is 1. The van der Waals surface area contributed by atoms with E-state index in [-0.39, 0.29) is 11.4 Å². The van der Waals surface area contributed by atoms with Crippen LogP contribution in [0.2, 0.25) is 0 Å². The molecule has 2 aromatic rings. The highest BCUT2D eigenvalue weighted by molar-refractivity contribution is 5.92. The Morgan fingerprint density at radius 1 is 1.12 bits per heavy atom. The predicted molar refractivity (Wildman–Crippen MR) is 97.5 cm³/mol. The van der Waals surface area contributed by atoms with Gasteiger partial charge in [0.25, 0.3) is 5.91 Å². The number of furan rings is 1. The summed E-state index contributed by atoms with van der Waals surface area (Å²) in [6.45, 7) is 5.15. The molecule has 1 aliphatic heterocycles. The molecule has 2 fully saturated rings. The van der Waals surface area contributed by atoms with Crippen LogP contribution < -0.4 is 5.32 Å². The van der Waals surface area contributed by atoms with Crippen LogP contribution in [0.25, 0.3) is 0 Å². The van der Waals surface area contributed by atoms with Crippen molar-refractivity contribution in [3.8, 4) is 0 Å². The third-order valence-electron chi connectivity index (χ3n) is 5.36. The van der Waals surface area contributed by atoms with E-state index >= 15 is 0 Å². The van der Waals surface area contributed by atoms with Gasteiger partial charge in [-0.3, -0.25) is 9.69 Å². The lowest BCUT2D eigenvalue weighted by Crippen LogP contribution is -2.38. The van der Waals surface area contributed by atoms with Crippen molar-refractivity contribution < 1.29 is 9.21 Å². The Morgan fingerprint density at radius 2 is 1.84 bits per heavy atom. The van der Waals surface area contributed by atoms with Crippen LogP contribution in [0.1, 0.15) is 53.1 Å². The average molecular weight is 338 g/mol. The van der Waals surface area contributed by atoms with Gasteiger partial charge in [-0.25, -0.2) is 0 Å². The molecule has 4 nitrogen and oxygen atoms in total. The smallest absolute Gasteiger partial charge is 0.287 e. The van der Waals surface area contributed by atoms with E-state index in [1.807, 2.05) is 12.1 Å². The topological polar surface area (TPSA) is 45.5 Å². The van der Waals surface area contributed by atoms with Gasteiger partial charge in [0.05, 0.1) is 6.54 Å². The maximum atomic E-state index is 12.6. The first-order valence-corrected chi connectivity index (χ1v) is 9.31. The molecule has 0 spiro atoms. The van der Waals surface area contributed by atoms with Gasteiger partial charge in [0.15, 0.2) is 5.76 Å². The molecule has 1 saturated heterocycles. The van der Waals surface area contributed by atoms with E-state index in [2.05, 4.69) is 41.4 Å². The number of rotatable bonds is 6. The van der Waals surface area contributed by atoms with Gasteiger partial charge >= 0.3 is 0 Å². The SMILES string of the molecule is Cc1ccc(CC2(NC(=O)c3ccc(CN4CCCC4)o3)CC2)cc1.